The van der Waals surface area contributed by atoms with Crippen LogP contribution in [0.15, 0.2) is 77.7 Å². The molecule has 0 bridgehead atoms. The lowest BCUT2D eigenvalue weighted by atomic mass is 9.94. The van der Waals surface area contributed by atoms with E-state index in [9.17, 15) is 4.79 Å². The fraction of sp³-hybridized carbons (Fsp3) is 0.0476. The summed E-state index contributed by atoms with van der Waals surface area (Å²) in [6.07, 6.45) is 6.47. The van der Waals surface area contributed by atoms with E-state index in [-0.39, 0.29) is 11.6 Å². The third kappa shape index (κ3) is 3.96. The van der Waals surface area contributed by atoms with Gasteiger partial charge in [-0.05, 0) is 22.3 Å². The largest absolute Gasteiger partial charge is 0.404 e. The first kappa shape index (κ1) is 18.2. The molecule has 0 spiro atoms. The van der Waals surface area contributed by atoms with Gasteiger partial charge in [-0.3, -0.25) is 10.0 Å². The molecule has 6 heteroatoms. The Morgan fingerprint density at radius 3 is 2.15 bits per heavy atom. The lowest BCUT2D eigenvalue weighted by Crippen LogP contribution is -2.24. The number of nitrogens with two attached hydrogens (primary N) is 1. The Hall–Kier alpha value is -3.64. The maximum Gasteiger partial charge on any atom is 0.277 e. The Labute approximate surface area is 157 Å². The highest BCUT2D eigenvalue weighted by molar-refractivity contribution is 6.11. The van der Waals surface area contributed by atoms with Gasteiger partial charge in [0, 0.05) is 12.4 Å². The molecule has 0 radical (unpaired) electrons. The van der Waals surface area contributed by atoms with E-state index in [0.29, 0.717) is 5.82 Å². The Bertz CT molecular complexity index is 911. The lowest BCUT2D eigenvalue weighted by Gasteiger charge is -2.22. The molecule has 27 heavy (non-hydrogen) atoms. The van der Waals surface area contributed by atoms with Crippen molar-refractivity contribution >= 4 is 24.3 Å². The van der Waals surface area contributed by atoms with Crippen molar-refractivity contribution in [2.45, 2.75) is 6.04 Å². The van der Waals surface area contributed by atoms with Crippen molar-refractivity contribution in [3.05, 3.63) is 95.0 Å². The van der Waals surface area contributed by atoms with Crippen molar-refractivity contribution < 1.29 is 10.0 Å². The first-order chi connectivity index (χ1) is 13.1. The van der Waals surface area contributed by atoms with Crippen LogP contribution < -0.4 is 16.5 Å². The first-order valence-corrected chi connectivity index (χ1v) is 8.36. The number of amides is 1. The van der Waals surface area contributed by atoms with Crippen molar-refractivity contribution in [2.75, 3.05) is 0 Å². The molecule has 0 unspecified atom stereocenters. The van der Waals surface area contributed by atoms with Crippen LogP contribution in [-0.2, 0) is 4.79 Å². The zero-order valence-corrected chi connectivity index (χ0v) is 14.6. The number of benzene rings is 2. The van der Waals surface area contributed by atoms with Gasteiger partial charge in [-0.15, -0.1) is 0 Å². The smallest absolute Gasteiger partial charge is 0.277 e. The molecule has 0 atom stereocenters. The summed E-state index contributed by atoms with van der Waals surface area (Å²) in [7, 11) is 0. The van der Waals surface area contributed by atoms with Gasteiger partial charge in [0.1, 0.15) is 5.82 Å². The summed E-state index contributed by atoms with van der Waals surface area (Å²) >= 11 is 0. The maximum absolute atomic E-state index is 11.5. The molecule has 2 aromatic rings. The normalized spacial score (nSPS) is 13.6. The van der Waals surface area contributed by atoms with Gasteiger partial charge < -0.3 is 11.1 Å². The van der Waals surface area contributed by atoms with Crippen LogP contribution >= 0.6 is 0 Å². The highest BCUT2D eigenvalue weighted by Crippen LogP contribution is 2.33. The zero-order valence-electron chi connectivity index (χ0n) is 14.6. The fourth-order valence-corrected chi connectivity index (χ4v) is 2.95. The van der Waals surface area contributed by atoms with E-state index in [2.05, 4.69) is 53.3 Å². The van der Waals surface area contributed by atoms with Gasteiger partial charge in [0.05, 0.1) is 11.6 Å². The van der Waals surface area contributed by atoms with E-state index >= 15 is 0 Å². The minimum absolute atomic E-state index is 0.0174. The quantitative estimate of drug-likeness (QED) is 0.285. The van der Waals surface area contributed by atoms with Gasteiger partial charge in [0.25, 0.3) is 5.91 Å². The number of nitrogens with zero attached hydrogens (tertiary/aromatic N) is 1. The summed E-state index contributed by atoms with van der Waals surface area (Å²) in [4.78, 5) is 15.6. The minimum atomic E-state index is -0.747. The van der Waals surface area contributed by atoms with E-state index in [4.69, 9.17) is 10.9 Å². The van der Waals surface area contributed by atoms with E-state index < -0.39 is 5.91 Å². The average molecular weight is 360 g/mol. The van der Waals surface area contributed by atoms with Crippen LogP contribution in [0.3, 0.4) is 0 Å². The van der Waals surface area contributed by atoms with Gasteiger partial charge in [-0.25, -0.2) is 10.5 Å². The highest BCUT2D eigenvalue weighted by atomic mass is 16.5. The molecular weight excluding hydrogens is 340 g/mol. The predicted octanol–water partition coefficient (Wildman–Crippen LogP) is 2.74. The maximum atomic E-state index is 11.5. The fourth-order valence-electron chi connectivity index (χ4n) is 2.95. The summed E-state index contributed by atoms with van der Waals surface area (Å²) in [6.45, 7) is 3.92. The molecule has 2 aromatic carbocycles. The van der Waals surface area contributed by atoms with Crippen LogP contribution in [-0.4, -0.2) is 17.3 Å². The second-order valence-electron chi connectivity index (χ2n) is 5.94. The number of nitrogens with one attached hydrogen (secondary N) is 2. The molecule has 6 nitrogen and oxygen atoms in total. The summed E-state index contributed by atoms with van der Waals surface area (Å²) in [5.74, 6) is -0.389. The summed E-state index contributed by atoms with van der Waals surface area (Å²) in [6, 6.07) is 16.0. The van der Waals surface area contributed by atoms with Gasteiger partial charge in [0.2, 0.25) is 0 Å². The van der Waals surface area contributed by atoms with Crippen molar-refractivity contribution in [1.82, 2.24) is 10.8 Å². The van der Waals surface area contributed by atoms with Crippen molar-refractivity contribution in [3.63, 3.8) is 0 Å². The van der Waals surface area contributed by atoms with Crippen molar-refractivity contribution in [1.29, 1.82) is 0 Å². The second-order valence-corrected chi connectivity index (χ2v) is 5.94. The number of hydrogen-bond acceptors (Lipinski definition) is 5. The second kappa shape index (κ2) is 8.16. The lowest BCUT2D eigenvalue weighted by molar-refractivity contribution is -0.124. The van der Waals surface area contributed by atoms with Crippen molar-refractivity contribution in [3.8, 4) is 0 Å². The van der Waals surface area contributed by atoms with Crippen molar-refractivity contribution in [2.24, 2.45) is 10.7 Å². The van der Waals surface area contributed by atoms with Gasteiger partial charge in [-0.1, -0.05) is 67.3 Å². The average Bonchev–Trinajstić information content (AvgIpc) is 2.86. The molecule has 5 N–H and O–H groups in total. The molecule has 136 valence electrons. The molecule has 1 aliphatic rings. The first-order valence-electron chi connectivity index (χ1n) is 8.36. The molecule has 0 fully saturated rings. The van der Waals surface area contributed by atoms with E-state index in [1.165, 1.54) is 11.7 Å². The molecule has 1 aliphatic carbocycles. The summed E-state index contributed by atoms with van der Waals surface area (Å²) in [5, 5.41) is 12.0. The SMILES string of the molecule is C=C(N=C/C(=C\N)C(=O)NO)NC1c2ccccc2C=Cc2ccccc21. The van der Waals surface area contributed by atoms with Gasteiger partial charge >= 0.3 is 0 Å². The Morgan fingerprint density at radius 1 is 1.07 bits per heavy atom. The number of hydroxylamine groups is 1. The summed E-state index contributed by atoms with van der Waals surface area (Å²) in [5.41, 5.74) is 11.3. The van der Waals surface area contributed by atoms with Gasteiger partial charge in [0.15, 0.2) is 0 Å². The number of carbonyl (C=O) groups is 1. The molecule has 3 rings (SSSR count). The van der Waals surface area contributed by atoms with E-state index in [0.717, 1.165) is 28.5 Å². The predicted molar refractivity (Wildman–Crippen MR) is 107 cm³/mol. The monoisotopic (exact) mass is 360 g/mol. The topological polar surface area (TPSA) is 99.7 Å². The van der Waals surface area contributed by atoms with Crippen LogP contribution in [0.2, 0.25) is 0 Å². The van der Waals surface area contributed by atoms with Crippen LogP contribution in [0.4, 0.5) is 0 Å². The van der Waals surface area contributed by atoms with Crippen LogP contribution in [0, 0.1) is 0 Å². The standard InChI is InChI=1S/C21H20N4O2/c1-14(23-13-17(12-22)21(26)25-27)24-20-18-8-4-2-6-15(18)10-11-16-7-3-5-9-19(16)20/h2-13,20,24,27H,1,22H2,(H,25,26)/b17-12+,23-13?. The molecular formula is C21H20N4O2. The van der Waals surface area contributed by atoms with E-state index in [1.807, 2.05) is 24.3 Å². The Kier molecular flexibility index (Phi) is 5.49. The number of rotatable bonds is 5. The molecule has 0 aliphatic heterocycles. The molecule has 1 amide bonds. The number of hydrogen-bond donors (Lipinski definition) is 4. The van der Waals surface area contributed by atoms with Crippen LogP contribution in [0.25, 0.3) is 12.2 Å². The van der Waals surface area contributed by atoms with Gasteiger partial charge in [-0.2, -0.15) is 0 Å². The molecule has 0 saturated carbocycles. The third-order valence-electron chi connectivity index (χ3n) is 4.27. The van der Waals surface area contributed by atoms with E-state index in [1.54, 1.807) is 0 Å². The zero-order chi connectivity index (χ0) is 19.2. The molecule has 0 heterocycles. The minimum Gasteiger partial charge on any atom is -0.404 e. The number of fused-ring (bicyclic) bond motifs is 2. The molecule has 0 aromatic heterocycles. The Morgan fingerprint density at radius 2 is 1.63 bits per heavy atom. The number of aliphatic imine (C=N–C) groups is 1. The summed E-state index contributed by atoms with van der Waals surface area (Å²) < 4.78 is 0. The third-order valence-corrected chi connectivity index (χ3v) is 4.27. The molecule has 0 saturated heterocycles. The van der Waals surface area contributed by atoms with Crippen LogP contribution in [0.5, 0.6) is 0 Å². The highest BCUT2D eigenvalue weighted by Gasteiger charge is 2.21. The Balaban J connectivity index is 1.91. The van der Waals surface area contributed by atoms with Crippen LogP contribution in [0.1, 0.15) is 28.3 Å². The number of carbonyl (C=O) groups excluding carboxylic acids is 1.